The Balaban J connectivity index is 0.000000921. The average molecular weight is 212 g/mol. The molecule has 1 saturated carbocycles. The van der Waals surface area contributed by atoms with Crippen LogP contribution in [0.4, 0.5) is 0 Å². The van der Waals surface area contributed by atoms with E-state index < -0.39 is 0 Å². The van der Waals surface area contributed by atoms with E-state index in [1.165, 1.54) is 12.8 Å². The molecule has 0 radical (unpaired) electrons. The third kappa shape index (κ3) is 2.57. The van der Waals surface area contributed by atoms with Crippen LogP contribution in [0, 0.1) is 22.2 Å². The molecule has 0 aliphatic heterocycles. The number of hydrogen-bond acceptors (Lipinski definition) is 0. The van der Waals surface area contributed by atoms with E-state index in [9.17, 15) is 0 Å². The molecule has 0 N–H and O–H groups in total. The second-order valence-electron chi connectivity index (χ2n) is 7.10. The first kappa shape index (κ1) is 15.0. The summed E-state index contributed by atoms with van der Waals surface area (Å²) in [6.07, 6.45) is 2.83. The van der Waals surface area contributed by atoms with Crippen LogP contribution in [0.1, 0.15) is 75.2 Å². The van der Waals surface area contributed by atoms with Gasteiger partial charge in [-0.05, 0) is 35.0 Å². The van der Waals surface area contributed by atoms with Gasteiger partial charge in [0.05, 0.1) is 0 Å². The first-order valence-electron chi connectivity index (χ1n) is 6.60. The van der Waals surface area contributed by atoms with E-state index in [0.717, 1.165) is 5.92 Å². The Hall–Kier alpha value is 0. The van der Waals surface area contributed by atoms with Crippen molar-refractivity contribution in [2.75, 3.05) is 0 Å². The van der Waals surface area contributed by atoms with Gasteiger partial charge in [0.1, 0.15) is 0 Å². The molecule has 1 aliphatic carbocycles. The maximum atomic E-state index is 2.41. The van der Waals surface area contributed by atoms with Gasteiger partial charge in [0, 0.05) is 0 Å². The van der Waals surface area contributed by atoms with Crippen molar-refractivity contribution >= 4 is 0 Å². The molecule has 0 atom stereocenters. The molecule has 92 valence electrons. The van der Waals surface area contributed by atoms with Gasteiger partial charge >= 0.3 is 0 Å². The van der Waals surface area contributed by atoms with Crippen LogP contribution in [-0.4, -0.2) is 0 Å². The van der Waals surface area contributed by atoms with Crippen molar-refractivity contribution in [3.8, 4) is 0 Å². The minimum absolute atomic E-state index is 0.456. The first-order valence-corrected chi connectivity index (χ1v) is 6.60. The maximum absolute atomic E-state index is 2.41. The van der Waals surface area contributed by atoms with Crippen LogP contribution in [0.2, 0.25) is 0 Å². The van der Waals surface area contributed by atoms with Crippen molar-refractivity contribution in [1.82, 2.24) is 0 Å². The fourth-order valence-corrected chi connectivity index (χ4v) is 3.48. The van der Waals surface area contributed by atoms with Gasteiger partial charge in [-0.1, -0.05) is 62.3 Å². The molecule has 1 fully saturated rings. The summed E-state index contributed by atoms with van der Waals surface area (Å²) in [5.74, 6) is 0.943. The van der Waals surface area contributed by atoms with Crippen LogP contribution in [0.25, 0.3) is 0 Å². The summed E-state index contributed by atoms with van der Waals surface area (Å²) in [6, 6.07) is 0. The van der Waals surface area contributed by atoms with E-state index in [0.29, 0.717) is 16.2 Å². The highest BCUT2D eigenvalue weighted by Gasteiger charge is 2.56. The van der Waals surface area contributed by atoms with Gasteiger partial charge in [-0.15, -0.1) is 0 Å². The molecular weight excluding hydrogens is 180 g/mol. The summed E-state index contributed by atoms with van der Waals surface area (Å²) in [7, 11) is 0. The zero-order valence-electron chi connectivity index (χ0n) is 12.5. The zero-order chi connectivity index (χ0) is 12.5. The molecule has 0 spiro atoms. The predicted octanol–water partition coefficient (Wildman–Crippen LogP) is 5.52. The summed E-state index contributed by atoms with van der Waals surface area (Å²) >= 11 is 0. The van der Waals surface area contributed by atoms with Gasteiger partial charge in [-0.25, -0.2) is 0 Å². The Morgan fingerprint density at radius 3 is 1.13 bits per heavy atom. The smallest absolute Gasteiger partial charge is 0.0195 e. The highest BCUT2D eigenvalue weighted by atomic mass is 14.6. The molecular formula is C15H32. The molecule has 0 aromatic rings. The third-order valence-electron chi connectivity index (χ3n) is 4.27. The van der Waals surface area contributed by atoms with Crippen molar-refractivity contribution in [3.63, 3.8) is 0 Å². The summed E-state index contributed by atoms with van der Waals surface area (Å²) < 4.78 is 0. The third-order valence-corrected chi connectivity index (χ3v) is 4.27. The molecule has 0 nitrogen and oxygen atoms in total. The molecule has 15 heavy (non-hydrogen) atoms. The van der Waals surface area contributed by atoms with Gasteiger partial charge in [-0.3, -0.25) is 0 Å². The topological polar surface area (TPSA) is 0 Å². The second kappa shape index (κ2) is 4.47. The highest BCUT2D eigenvalue weighted by molar-refractivity contribution is 5.05. The van der Waals surface area contributed by atoms with Crippen LogP contribution >= 0.6 is 0 Å². The van der Waals surface area contributed by atoms with Gasteiger partial charge in [0.2, 0.25) is 0 Å². The summed E-state index contributed by atoms with van der Waals surface area (Å²) in [5, 5.41) is 0. The lowest BCUT2D eigenvalue weighted by Gasteiger charge is -2.62. The summed E-state index contributed by atoms with van der Waals surface area (Å²) in [5.41, 5.74) is 1.48. The fraction of sp³-hybridized carbons (Fsp3) is 1.00. The van der Waals surface area contributed by atoms with Crippen LogP contribution in [0.3, 0.4) is 0 Å². The van der Waals surface area contributed by atoms with Crippen molar-refractivity contribution in [2.24, 2.45) is 22.2 Å². The van der Waals surface area contributed by atoms with Gasteiger partial charge in [0.15, 0.2) is 0 Å². The normalized spacial score (nSPS) is 21.4. The van der Waals surface area contributed by atoms with E-state index in [1.54, 1.807) is 0 Å². The lowest BCUT2D eigenvalue weighted by Crippen LogP contribution is -2.54. The minimum atomic E-state index is 0.456. The Morgan fingerprint density at radius 1 is 0.800 bits per heavy atom. The molecule has 1 rings (SSSR count). The number of hydrogen-bond donors (Lipinski definition) is 0. The Labute approximate surface area is 97.8 Å². The molecule has 0 bridgehead atoms. The Morgan fingerprint density at radius 2 is 1.07 bits per heavy atom. The van der Waals surface area contributed by atoms with Crippen LogP contribution in [0.15, 0.2) is 0 Å². The van der Waals surface area contributed by atoms with E-state index >= 15 is 0 Å². The first-order chi connectivity index (χ1) is 6.60. The van der Waals surface area contributed by atoms with E-state index in [2.05, 4.69) is 48.5 Å². The molecule has 0 unspecified atom stereocenters. The lowest BCUT2D eigenvalue weighted by atomic mass is 9.42. The molecule has 0 heterocycles. The van der Waals surface area contributed by atoms with E-state index in [1.807, 2.05) is 13.8 Å². The van der Waals surface area contributed by atoms with Gasteiger partial charge in [-0.2, -0.15) is 0 Å². The minimum Gasteiger partial charge on any atom is -0.0683 e. The largest absolute Gasteiger partial charge is 0.0683 e. The molecule has 1 aliphatic rings. The average Bonchev–Trinajstić information content (AvgIpc) is 1.97. The molecule has 0 aromatic heterocycles. The van der Waals surface area contributed by atoms with Crippen molar-refractivity contribution in [2.45, 2.75) is 75.2 Å². The molecule has 0 amide bonds. The quantitative estimate of drug-likeness (QED) is 0.496. The van der Waals surface area contributed by atoms with Gasteiger partial charge in [0.25, 0.3) is 0 Å². The standard InChI is InChI=1S/C13H26.C2H6/c1-10-8-13(9-10,11(2,3)4)12(5,6)7;1-2/h10H,8-9H2,1-7H3;1-2H3. The molecule has 0 aromatic carbocycles. The molecule has 0 heteroatoms. The van der Waals surface area contributed by atoms with E-state index in [-0.39, 0.29) is 0 Å². The van der Waals surface area contributed by atoms with E-state index in [4.69, 9.17) is 0 Å². The summed E-state index contributed by atoms with van der Waals surface area (Å²) in [6.45, 7) is 20.8. The Kier molecular flexibility index (Phi) is 4.47. The van der Waals surface area contributed by atoms with Crippen LogP contribution in [-0.2, 0) is 0 Å². The fourth-order valence-electron chi connectivity index (χ4n) is 3.48. The molecule has 0 saturated heterocycles. The predicted molar refractivity (Wildman–Crippen MR) is 71.1 cm³/mol. The summed E-state index contributed by atoms with van der Waals surface area (Å²) in [4.78, 5) is 0. The number of rotatable bonds is 0. The second-order valence-corrected chi connectivity index (χ2v) is 7.10. The van der Waals surface area contributed by atoms with Gasteiger partial charge < -0.3 is 0 Å². The monoisotopic (exact) mass is 212 g/mol. The lowest BCUT2D eigenvalue weighted by molar-refractivity contribution is -0.130. The van der Waals surface area contributed by atoms with Crippen molar-refractivity contribution in [1.29, 1.82) is 0 Å². The van der Waals surface area contributed by atoms with Crippen LogP contribution < -0.4 is 0 Å². The van der Waals surface area contributed by atoms with Crippen molar-refractivity contribution in [3.05, 3.63) is 0 Å². The Bertz CT molecular complexity index is 165. The maximum Gasteiger partial charge on any atom is -0.0195 e. The van der Waals surface area contributed by atoms with Crippen LogP contribution in [0.5, 0.6) is 0 Å². The van der Waals surface area contributed by atoms with Crippen molar-refractivity contribution < 1.29 is 0 Å². The highest BCUT2D eigenvalue weighted by Crippen LogP contribution is 2.65. The SMILES string of the molecule is CC.CC1CC(C(C)(C)C)(C(C)(C)C)C1. The zero-order valence-corrected chi connectivity index (χ0v) is 12.5.